The van der Waals surface area contributed by atoms with E-state index in [4.69, 9.17) is 0 Å². The molecule has 1 unspecified atom stereocenters. The van der Waals surface area contributed by atoms with E-state index in [-0.39, 0.29) is 11.7 Å². The average Bonchev–Trinajstić information content (AvgIpc) is 2.48. The molecule has 1 atom stereocenters. The Morgan fingerprint density at radius 3 is 2.67 bits per heavy atom. The fourth-order valence-electron chi connectivity index (χ4n) is 1.80. The first-order chi connectivity index (χ1) is 10.1. The van der Waals surface area contributed by atoms with Crippen LogP contribution in [0.4, 0.5) is 16.2 Å². The highest BCUT2D eigenvalue weighted by Crippen LogP contribution is 2.17. The summed E-state index contributed by atoms with van der Waals surface area (Å²) in [5, 5.41) is 16.0. The SMILES string of the molecule is CC(NC(=O)Nc1cccc([N+](=O)[O-])c1)c1ccncc1. The van der Waals surface area contributed by atoms with Crippen LogP contribution >= 0.6 is 0 Å². The Kier molecular flexibility index (Phi) is 4.45. The summed E-state index contributed by atoms with van der Waals surface area (Å²) >= 11 is 0. The molecule has 0 spiro atoms. The molecule has 0 radical (unpaired) electrons. The van der Waals surface area contributed by atoms with Crippen molar-refractivity contribution in [1.82, 2.24) is 10.3 Å². The molecule has 0 saturated heterocycles. The summed E-state index contributed by atoms with van der Waals surface area (Å²) in [6.45, 7) is 1.84. The molecule has 0 fully saturated rings. The number of hydrogen-bond acceptors (Lipinski definition) is 4. The third-order valence-electron chi connectivity index (χ3n) is 2.87. The van der Waals surface area contributed by atoms with E-state index in [0.717, 1.165) is 5.56 Å². The number of nitrogens with one attached hydrogen (secondary N) is 2. The number of pyridine rings is 1. The Hall–Kier alpha value is -2.96. The molecular weight excluding hydrogens is 272 g/mol. The Balaban J connectivity index is 1.99. The number of hydrogen-bond donors (Lipinski definition) is 2. The zero-order chi connectivity index (χ0) is 15.2. The van der Waals surface area contributed by atoms with Crippen LogP contribution in [-0.4, -0.2) is 15.9 Å². The third-order valence-corrected chi connectivity index (χ3v) is 2.87. The lowest BCUT2D eigenvalue weighted by atomic mass is 10.1. The number of nitro benzene ring substituents is 1. The van der Waals surface area contributed by atoms with Gasteiger partial charge >= 0.3 is 6.03 Å². The number of non-ortho nitro benzene ring substituents is 1. The smallest absolute Gasteiger partial charge is 0.319 e. The number of carbonyl (C=O) groups is 1. The number of aromatic nitrogens is 1. The lowest BCUT2D eigenvalue weighted by molar-refractivity contribution is -0.384. The van der Waals surface area contributed by atoms with E-state index in [1.807, 2.05) is 6.92 Å². The summed E-state index contributed by atoms with van der Waals surface area (Å²) in [7, 11) is 0. The van der Waals surface area contributed by atoms with Gasteiger partial charge in [-0.15, -0.1) is 0 Å². The van der Waals surface area contributed by atoms with Crippen LogP contribution < -0.4 is 10.6 Å². The van der Waals surface area contributed by atoms with Gasteiger partial charge in [0.15, 0.2) is 0 Å². The first-order valence-electron chi connectivity index (χ1n) is 6.28. The minimum absolute atomic E-state index is 0.0741. The molecule has 0 aliphatic carbocycles. The molecule has 7 heteroatoms. The van der Waals surface area contributed by atoms with Crippen LogP contribution in [0.5, 0.6) is 0 Å². The van der Waals surface area contributed by atoms with Gasteiger partial charge in [-0.2, -0.15) is 0 Å². The van der Waals surface area contributed by atoms with Crippen LogP contribution in [0, 0.1) is 10.1 Å². The van der Waals surface area contributed by atoms with E-state index in [0.29, 0.717) is 5.69 Å². The molecule has 1 heterocycles. The zero-order valence-electron chi connectivity index (χ0n) is 11.3. The highest BCUT2D eigenvalue weighted by Gasteiger charge is 2.11. The van der Waals surface area contributed by atoms with Gasteiger partial charge in [-0.05, 0) is 30.7 Å². The second-order valence-electron chi connectivity index (χ2n) is 4.41. The van der Waals surface area contributed by atoms with Crippen LogP contribution in [0.25, 0.3) is 0 Å². The number of carbonyl (C=O) groups excluding carboxylic acids is 1. The minimum Gasteiger partial charge on any atom is -0.331 e. The fraction of sp³-hybridized carbons (Fsp3) is 0.143. The van der Waals surface area contributed by atoms with Gasteiger partial charge in [-0.1, -0.05) is 6.07 Å². The maximum Gasteiger partial charge on any atom is 0.319 e. The van der Waals surface area contributed by atoms with Crippen molar-refractivity contribution in [3.05, 3.63) is 64.5 Å². The normalized spacial score (nSPS) is 11.5. The van der Waals surface area contributed by atoms with Crippen molar-refractivity contribution in [3.63, 3.8) is 0 Å². The second kappa shape index (κ2) is 6.47. The van der Waals surface area contributed by atoms with E-state index >= 15 is 0 Å². The largest absolute Gasteiger partial charge is 0.331 e. The summed E-state index contributed by atoms with van der Waals surface area (Å²) < 4.78 is 0. The summed E-state index contributed by atoms with van der Waals surface area (Å²) in [6, 6.07) is 8.74. The number of urea groups is 1. The lowest BCUT2D eigenvalue weighted by Crippen LogP contribution is -2.31. The molecule has 7 nitrogen and oxygen atoms in total. The van der Waals surface area contributed by atoms with Crippen LogP contribution in [-0.2, 0) is 0 Å². The molecule has 1 aromatic heterocycles. The van der Waals surface area contributed by atoms with Crippen molar-refractivity contribution in [2.24, 2.45) is 0 Å². The Labute approximate surface area is 121 Å². The highest BCUT2D eigenvalue weighted by atomic mass is 16.6. The van der Waals surface area contributed by atoms with Gasteiger partial charge in [0, 0.05) is 30.2 Å². The molecule has 0 saturated carbocycles. The molecule has 0 bridgehead atoms. The second-order valence-corrected chi connectivity index (χ2v) is 4.41. The van der Waals surface area contributed by atoms with Gasteiger partial charge in [0.25, 0.3) is 5.69 Å². The highest BCUT2D eigenvalue weighted by molar-refractivity contribution is 5.89. The molecule has 108 valence electrons. The monoisotopic (exact) mass is 286 g/mol. The molecular formula is C14H14N4O3. The molecule has 1 aromatic carbocycles. The van der Waals surface area contributed by atoms with E-state index in [9.17, 15) is 14.9 Å². The van der Waals surface area contributed by atoms with Gasteiger partial charge in [0.1, 0.15) is 0 Å². The van der Waals surface area contributed by atoms with E-state index < -0.39 is 11.0 Å². The zero-order valence-corrected chi connectivity index (χ0v) is 11.3. The number of amides is 2. The van der Waals surface area contributed by atoms with Crippen LogP contribution in [0.1, 0.15) is 18.5 Å². The number of nitro groups is 1. The van der Waals surface area contributed by atoms with Gasteiger partial charge in [-0.3, -0.25) is 15.1 Å². The number of benzene rings is 1. The molecule has 0 aliphatic heterocycles. The van der Waals surface area contributed by atoms with E-state index in [1.54, 1.807) is 30.6 Å². The standard InChI is InChI=1S/C14H14N4O3/c1-10(11-5-7-15-8-6-11)16-14(19)17-12-3-2-4-13(9-12)18(20)21/h2-10H,1H3,(H2,16,17,19). The van der Waals surface area contributed by atoms with Crippen molar-refractivity contribution >= 4 is 17.4 Å². The summed E-state index contributed by atoms with van der Waals surface area (Å²) in [5.41, 5.74) is 1.21. The molecule has 2 amide bonds. The fourth-order valence-corrected chi connectivity index (χ4v) is 1.80. The third kappa shape index (κ3) is 4.00. The Bertz CT molecular complexity index is 646. The summed E-state index contributed by atoms with van der Waals surface area (Å²) in [5.74, 6) is 0. The molecule has 2 aromatic rings. The quantitative estimate of drug-likeness (QED) is 0.667. The van der Waals surface area contributed by atoms with Crippen molar-refractivity contribution in [1.29, 1.82) is 0 Å². The number of anilines is 1. The molecule has 2 rings (SSSR count). The predicted octanol–water partition coefficient (Wildman–Crippen LogP) is 2.87. The van der Waals surface area contributed by atoms with E-state index in [1.165, 1.54) is 18.2 Å². The van der Waals surface area contributed by atoms with Gasteiger partial charge in [0.05, 0.1) is 11.0 Å². The maximum absolute atomic E-state index is 11.9. The van der Waals surface area contributed by atoms with Crippen LogP contribution in [0.15, 0.2) is 48.8 Å². The summed E-state index contributed by atoms with van der Waals surface area (Å²) in [6.07, 6.45) is 3.29. The average molecular weight is 286 g/mol. The van der Waals surface area contributed by atoms with Crippen LogP contribution in [0.3, 0.4) is 0 Å². The van der Waals surface area contributed by atoms with Crippen molar-refractivity contribution in [2.75, 3.05) is 5.32 Å². The van der Waals surface area contributed by atoms with E-state index in [2.05, 4.69) is 15.6 Å². The molecule has 0 aliphatic rings. The van der Waals surface area contributed by atoms with Gasteiger partial charge in [-0.25, -0.2) is 4.79 Å². The molecule has 21 heavy (non-hydrogen) atoms. The number of nitrogens with zero attached hydrogens (tertiary/aromatic N) is 2. The molecule has 2 N–H and O–H groups in total. The maximum atomic E-state index is 11.9. The van der Waals surface area contributed by atoms with Crippen molar-refractivity contribution in [2.45, 2.75) is 13.0 Å². The topological polar surface area (TPSA) is 97.2 Å². The van der Waals surface area contributed by atoms with Crippen LogP contribution in [0.2, 0.25) is 0 Å². The predicted molar refractivity (Wildman–Crippen MR) is 77.9 cm³/mol. The van der Waals surface area contributed by atoms with Gasteiger partial charge in [0.2, 0.25) is 0 Å². The first kappa shape index (κ1) is 14.4. The minimum atomic E-state index is -0.511. The Morgan fingerprint density at radius 1 is 1.29 bits per heavy atom. The van der Waals surface area contributed by atoms with Crippen molar-refractivity contribution in [3.8, 4) is 0 Å². The number of rotatable bonds is 4. The summed E-state index contributed by atoms with van der Waals surface area (Å²) in [4.78, 5) is 25.9. The van der Waals surface area contributed by atoms with Crippen molar-refractivity contribution < 1.29 is 9.72 Å². The first-order valence-corrected chi connectivity index (χ1v) is 6.28. The van der Waals surface area contributed by atoms with Gasteiger partial charge < -0.3 is 10.6 Å². The lowest BCUT2D eigenvalue weighted by Gasteiger charge is -2.14. The Morgan fingerprint density at radius 2 is 2.00 bits per heavy atom.